The van der Waals surface area contributed by atoms with E-state index in [0.717, 1.165) is 25.2 Å². The van der Waals surface area contributed by atoms with E-state index < -0.39 is 0 Å². The van der Waals surface area contributed by atoms with Gasteiger partial charge in [-0.1, -0.05) is 60.7 Å². The fourth-order valence-electron chi connectivity index (χ4n) is 3.17. The van der Waals surface area contributed by atoms with Crippen LogP contribution in [-0.4, -0.2) is 30.4 Å². The first kappa shape index (κ1) is 15.8. The molecule has 0 aliphatic carbocycles. The fraction of sp³-hybridized carbons (Fsp3) is 0.350. The van der Waals surface area contributed by atoms with E-state index in [-0.39, 0.29) is 11.9 Å². The topological polar surface area (TPSA) is 32.3 Å². The number of amides is 1. The normalized spacial score (nSPS) is 16.2. The summed E-state index contributed by atoms with van der Waals surface area (Å²) < 4.78 is 0. The van der Waals surface area contributed by atoms with Gasteiger partial charge in [-0.15, -0.1) is 0 Å². The summed E-state index contributed by atoms with van der Waals surface area (Å²) in [6.07, 6.45) is 2.96. The third-order valence-corrected chi connectivity index (χ3v) is 4.38. The highest BCUT2D eigenvalue weighted by molar-refractivity contribution is 5.79. The Hall–Kier alpha value is -2.13. The maximum atomic E-state index is 12.4. The molecule has 1 aliphatic rings. The Balaban J connectivity index is 1.66. The van der Waals surface area contributed by atoms with Gasteiger partial charge >= 0.3 is 0 Å². The molecule has 1 N–H and O–H groups in total. The van der Waals surface area contributed by atoms with Crippen molar-refractivity contribution in [2.75, 3.05) is 19.6 Å². The molecule has 1 aliphatic heterocycles. The second kappa shape index (κ2) is 7.93. The number of rotatable bonds is 6. The van der Waals surface area contributed by atoms with Crippen LogP contribution in [0.4, 0.5) is 0 Å². The van der Waals surface area contributed by atoms with E-state index in [4.69, 9.17) is 0 Å². The molecule has 1 saturated heterocycles. The SMILES string of the molecule is O=C(Cc1ccccc1)N[C@H](CN1CCCC1)c1ccccc1. The molecule has 2 aromatic rings. The Morgan fingerprint density at radius 1 is 0.957 bits per heavy atom. The van der Waals surface area contributed by atoms with Crippen LogP contribution in [0.3, 0.4) is 0 Å². The van der Waals surface area contributed by atoms with E-state index >= 15 is 0 Å². The summed E-state index contributed by atoms with van der Waals surface area (Å²) in [5.41, 5.74) is 2.23. The Morgan fingerprint density at radius 3 is 2.22 bits per heavy atom. The first-order chi connectivity index (χ1) is 11.3. The molecule has 23 heavy (non-hydrogen) atoms. The molecule has 120 valence electrons. The summed E-state index contributed by atoms with van der Waals surface area (Å²) in [5.74, 6) is 0.0873. The van der Waals surface area contributed by atoms with Crippen LogP contribution in [0.1, 0.15) is 30.0 Å². The average Bonchev–Trinajstić information content (AvgIpc) is 3.09. The molecule has 2 aromatic carbocycles. The summed E-state index contributed by atoms with van der Waals surface area (Å²) in [6, 6.07) is 20.3. The second-order valence-electron chi connectivity index (χ2n) is 6.20. The highest BCUT2D eigenvalue weighted by Crippen LogP contribution is 2.18. The molecule has 3 rings (SSSR count). The van der Waals surface area contributed by atoms with Crippen LogP contribution in [-0.2, 0) is 11.2 Å². The molecule has 0 bridgehead atoms. The molecule has 0 unspecified atom stereocenters. The highest BCUT2D eigenvalue weighted by atomic mass is 16.1. The lowest BCUT2D eigenvalue weighted by Gasteiger charge is -2.25. The molecule has 0 radical (unpaired) electrons. The lowest BCUT2D eigenvalue weighted by Crippen LogP contribution is -2.37. The maximum Gasteiger partial charge on any atom is 0.224 e. The number of carbonyl (C=O) groups is 1. The predicted molar refractivity (Wildman–Crippen MR) is 93.1 cm³/mol. The van der Waals surface area contributed by atoms with E-state index in [1.165, 1.54) is 18.4 Å². The summed E-state index contributed by atoms with van der Waals surface area (Å²) in [5, 5.41) is 3.23. The number of carbonyl (C=O) groups excluding carboxylic acids is 1. The minimum Gasteiger partial charge on any atom is -0.348 e. The number of benzene rings is 2. The number of nitrogens with zero attached hydrogens (tertiary/aromatic N) is 1. The maximum absolute atomic E-state index is 12.4. The van der Waals surface area contributed by atoms with Gasteiger partial charge in [-0.25, -0.2) is 0 Å². The van der Waals surface area contributed by atoms with Gasteiger partial charge in [0, 0.05) is 6.54 Å². The molecule has 0 spiro atoms. The zero-order valence-corrected chi connectivity index (χ0v) is 13.4. The van der Waals surface area contributed by atoms with Crippen molar-refractivity contribution in [2.45, 2.75) is 25.3 Å². The van der Waals surface area contributed by atoms with Crippen LogP contribution in [0.2, 0.25) is 0 Å². The third kappa shape index (κ3) is 4.67. The Kier molecular flexibility index (Phi) is 5.43. The molecule has 1 amide bonds. The largest absolute Gasteiger partial charge is 0.348 e. The lowest BCUT2D eigenvalue weighted by atomic mass is 10.1. The van der Waals surface area contributed by atoms with Crippen molar-refractivity contribution in [1.82, 2.24) is 10.2 Å². The first-order valence-corrected chi connectivity index (χ1v) is 8.42. The zero-order valence-electron chi connectivity index (χ0n) is 13.4. The average molecular weight is 308 g/mol. The van der Waals surface area contributed by atoms with Gasteiger partial charge in [0.05, 0.1) is 12.5 Å². The highest BCUT2D eigenvalue weighted by Gasteiger charge is 2.20. The van der Waals surface area contributed by atoms with Crippen LogP contribution in [0, 0.1) is 0 Å². The van der Waals surface area contributed by atoms with Crippen molar-refractivity contribution >= 4 is 5.91 Å². The standard InChI is InChI=1S/C20H24N2O/c23-20(15-17-9-3-1-4-10-17)21-19(16-22-13-7-8-14-22)18-11-5-2-6-12-18/h1-6,9-12,19H,7-8,13-16H2,(H,21,23)/t19-/m1/s1. The number of likely N-dealkylation sites (tertiary alicyclic amines) is 1. The number of hydrogen-bond donors (Lipinski definition) is 1. The second-order valence-corrected chi connectivity index (χ2v) is 6.20. The summed E-state index contributed by atoms with van der Waals surface area (Å²) >= 11 is 0. The van der Waals surface area contributed by atoms with E-state index in [1.54, 1.807) is 0 Å². The Morgan fingerprint density at radius 2 is 1.57 bits per heavy atom. The van der Waals surface area contributed by atoms with Crippen molar-refractivity contribution in [3.05, 3.63) is 71.8 Å². The van der Waals surface area contributed by atoms with Gasteiger partial charge in [-0.05, 0) is 37.1 Å². The summed E-state index contributed by atoms with van der Waals surface area (Å²) in [7, 11) is 0. The summed E-state index contributed by atoms with van der Waals surface area (Å²) in [6.45, 7) is 3.17. The smallest absolute Gasteiger partial charge is 0.224 e. The van der Waals surface area contributed by atoms with E-state index in [1.807, 2.05) is 48.5 Å². The fourth-order valence-corrected chi connectivity index (χ4v) is 3.17. The molecule has 3 heteroatoms. The molecule has 0 aromatic heterocycles. The zero-order chi connectivity index (χ0) is 15.9. The van der Waals surface area contributed by atoms with E-state index in [2.05, 4.69) is 22.3 Å². The molecule has 1 fully saturated rings. The van der Waals surface area contributed by atoms with Crippen molar-refractivity contribution in [2.24, 2.45) is 0 Å². The van der Waals surface area contributed by atoms with Crippen LogP contribution in [0.5, 0.6) is 0 Å². The van der Waals surface area contributed by atoms with E-state index in [0.29, 0.717) is 6.42 Å². The van der Waals surface area contributed by atoms with Crippen LogP contribution < -0.4 is 5.32 Å². The van der Waals surface area contributed by atoms with Crippen molar-refractivity contribution in [3.8, 4) is 0 Å². The lowest BCUT2D eigenvalue weighted by molar-refractivity contribution is -0.121. The Labute approximate surface area is 138 Å². The molecule has 0 saturated carbocycles. The van der Waals surface area contributed by atoms with Crippen LogP contribution >= 0.6 is 0 Å². The van der Waals surface area contributed by atoms with Gasteiger partial charge in [0.2, 0.25) is 5.91 Å². The minimum absolute atomic E-state index is 0.0607. The van der Waals surface area contributed by atoms with Crippen molar-refractivity contribution < 1.29 is 4.79 Å². The third-order valence-electron chi connectivity index (χ3n) is 4.38. The molecule has 3 nitrogen and oxygen atoms in total. The van der Waals surface area contributed by atoms with Gasteiger partial charge in [0.1, 0.15) is 0 Å². The van der Waals surface area contributed by atoms with Crippen LogP contribution in [0.25, 0.3) is 0 Å². The number of hydrogen-bond acceptors (Lipinski definition) is 2. The van der Waals surface area contributed by atoms with Crippen molar-refractivity contribution in [3.63, 3.8) is 0 Å². The van der Waals surface area contributed by atoms with E-state index in [9.17, 15) is 4.79 Å². The monoisotopic (exact) mass is 308 g/mol. The summed E-state index contributed by atoms with van der Waals surface area (Å²) in [4.78, 5) is 14.9. The van der Waals surface area contributed by atoms with Crippen LogP contribution in [0.15, 0.2) is 60.7 Å². The van der Waals surface area contributed by atoms with Gasteiger partial charge < -0.3 is 10.2 Å². The van der Waals surface area contributed by atoms with Gasteiger partial charge in [-0.2, -0.15) is 0 Å². The molecule has 1 heterocycles. The van der Waals surface area contributed by atoms with Gasteiger partial charge in [0.15, 0.2) is 0 Å². The Bertz CT molecular complexity index is 606. The first-order valence-electron chi connectivity index (χ1n) is 8.42. The minimum atomic E-state index is 0.0607. The molecular formula is C20H24N2O. The van der Waals surface area contributed by atoms with Crippen molar-refractivity contribution in [1.29, 1.82) is 0 Å². The molecular weight excluding hydrogens is 284 g/mol. The van der Waals surface area contributed by atoms with Gasteiger partial charge in [-0.3, -0.25) is 4.79 Å². The predicted octanol–water partition coefficient (Wildman–Crippen LogP) is 3.18. The quantitative estimate of drug-likeness (QED) is 0.889. The number of nitrogens with one attached hydrogen (secondary N) is 1. The van der Waals surface area contributed by atoms with Gasteiger partial charge in [0.25, 0.3) is 0 Å². The molecule has 1 atom stereocenters.